The number of hydrogen-bond acceptors (Lipinski definition) is 9. The summed E-state index contributed by atoms with van der Waals surface area (Å²) in [5, 5.41) is 21.7. The standard InChI is InChI=1S/C46H28N4S.2C40H24N4S/c1-6-16-38-33(11-1)34-12-2-7-17-39(34)49(38)31-25-21-29(22-26-31)44-43-37-15-5-10-20-42(37)51-46(43)48-45(47-44)30-23-27-32(28-24-30)50-40-18-8-3-13-35(40)36-14-4-9-19-41(36)50;1-6-19-32-27(14-1)28-15-2-7-20-33(28)43(32)26-13-11-12-25(24-26)38-41-39(37-31-18-5-10-23-36(31)45-40(37)42-38)44-34-21-8-3-16-29(34)30-17-4-9-22-35(30)44;1-6-16-32-27(11-1)28-12-2-7-17-33(28)43(32)26-23-21-25(22-24-26)38-41-39(37-31-15-5-10-20-36(31)45-40(37)42-38)44-34-18-8-3-13-29(34)30-14-4-9-19-35(30)44/h1-28H;2*1-24H. The number of hydrogen-bond donors (Lipinski definition) is 0. The van der Waals surface area contributed by atoms with Gasteiger partial charge in [0, 0.05) is 145 Å². The highest BCUT2D eigenvalue weighted by molar-refractivity contribution is 7.26. The fraction of sp³-hybridized carbons (Fsp3) is 0. The Hall–Kier alpha value is -18.1. The van der Waals surface area contributed by atoms with Crippen LogP contribution in [0.25, 0.3) is 272 Å². The van der Waals surface area contributed by atoms with Crippen molar-refractivity contribution >= 4 is 226 Å². The molecule has 0 radical (unpaired) electrons. The maximum Gasteiger partial charge on any atom is 0.163 e. The molecule has 12 nitrogen and oxygen atoms in total. The van der Waals surface area contributed by atoms with E-state index in [4.69, 9.17) is 29.9 Å². The number of nitrogens with zero attached hydrogens (tertiary/aromatic N) is 12. The molecular weight excluding hydrogens is 1780 g/mol. The molecule has 0 saturated heterocycles. The lowest BCUT2D eigenvalue weighted by molar-refractivity contribution is 1.08. The van der Waals surface area contributed by atoms with E-state index in [1.165, 1.54) is 139 Å². The van der Waals surface area contributed by atoms with Crippen molar-refractivity contribution in [3.05, 3.63) is 461 Å². The van der Waals surface area contributed by atoms with Crippen LogP contribution in [0.15, 0.2) is 461 Å². The molecule has 141 heavy (non-hydrogen) atoms. The molecular formula is C126H76N12S3. The molecule has 0 aliphatic carbocycles. The summed E-state index contributed by atoms with van der Waals surface area (Å²) < 4.78 is 17.7. The number of thiophene rings is 3. The fourth-order valence-corrected chi connectivity index (χ4v) is 25.1. The zero-order chi connectivity index (χ0) is 92.4. The van der Waals surface area contributed by atoms with Crippen molar-refractivity contribution in [2.75, 3.05) is 0 Å². The molecule has 12 heterocycles. The predicted octanol–water partition coefficient (Wildman–Crippen LogP) is 33.8. The van der Waals surface area contributed by atoms with Gasteiger partial charge in [-0.25, -0.2) is 29.9 Å². The summed E-state index contributed by atoms with van der Waals surface area (Å²) >= 11 is 5.18. The summed E-state index contributed by atoms with van der Waals surface area (Å²) in [5.41, 5.74) is 23.5. The average Bonchev–Trinajstić information content (AvgIpc) is 1.56. The van der Waals surface area contributed by atoms with Crippen LogP contribution in [0.2, 0.25) is 0 Å². The van der Waals surface area contributed by atoms with Crippen LogP contribution in [0.5, 0.6) is 0 Å². The van der Waals surface area contributed by atoms with Crippen molar-refractivity contribution in [1.82, 2.24) is 57.3 Å². The Bertz CT molecular complexity index is 10200. The average molecular weight is 1850 g/mol. The first-order valence-electron chi connectivity index (χ1n) is 47.4. The maximum absolute atomic E-state index is 5.43. The van der Waals surface area contributed by atoms with E-state index in [1.54, 1.807) is 34.0 Å². The van der Waals surface area contributed by atoms with E-state index in [0.29, 0.717) is 5.82 Å². The first-order chi connectivity index (χ1) is 70.0. The highest BCUT2D eigenvalue weighted by atomic mass is 32.1. The van der Waals surface area contributed by atoms with Gasteiger partial charge < -0.3 is 18.3 Å². The smallest absolute Gasteiger partial charge is 0.163 e. The zero-order valence-corrected chi connectivity index (χ0v) is 77.9. The van der Waals surface area contributed by atoms with Crippen molar-refractivity contribution in [3.63, 3.8) is 0 Å². The van der Waals surface area contributed by atoms with E-state index in [0.717, 1.165) is 127 Å². The Morgan fingerprint density at radius 1 is 0.149 bits per heavy atom. The molecule has 31 rings (SSSR count). The lowest BCUT2D eigenvalue weighted by Crippen LogP contribution is -2.02. The molecule has 0 aliphatic heterocycles. The molecule has 0 unspecified atom stereocenters. The second kappa shape index (κ2) is 32.3. The van der Waals surface area contributed by atoms with E-state index < -0.39 is 0 Å². The molecule has 0 fully saturated rings. The van der Waals surface area contributed by atoms with Gasteiger partial charge in [-0.05, 0) is 164 Å². The molecule has 0 spiro atoms. The van der Waals surface area contributed by atoms with E-state index in [-0.39, 0.29) is 0 Å². The summed E-state index contributed by atoms with van der Waals surface area (Å²) in [4.78, 5) is 34.7. The Balaban J connectivity index is 0.000000102. The van der Waals surface area contributed by atoms with Gasteiger partial charge in [-0.1, -0.05) is 297 Å². The summed E-state index contributed by atoms with van der Waals surface area (Å²) in [7, 11) is 0. The lowest BCUT2D eigenvalue weighted by atomic mass is 10.0. The minimum atomic E-state index is 0.716. The van der Waals surface area contributed by atoms with E-state index >= 15 is 0 Å². The summed E-state index contributed by atoms with van der Waals surface area (Å²) in [6.45, 7) is 0. The Labute approximate surface area is 817 Å². The highest BCUT2D eigenvalue weighted by Crippen LogP contribution is 2.48. The third-order valence-corrected chi connectivity index (χ3v) is 31.3. The monoisotopic (exact) mass is 1850 g/mol. The van der Waals surface area contributed by atoms with Crippen molar-refractivity contribution in [2.24, 2.45) is 0 Å². The van der Waals surface area contributed by atoms with Crippen molar-refractivity contribution in [3.8, 4) is 79.8 Å². The summed E-state index contributed by atoms with van der Waals surface area (Å²) in [5.74, 6) is 3.99. The van der Waals surface area contributed by atoms with Gasteiger partial charge in [0.15, 0.2) is 29.1 Å². The Morgan fingerprint density at radius 3 is 0.660 bits per heavy atom. The summed E-state index contributed by atoms with van der Waals surface area (Å²) in [6, 6.07) is 164. The largest absolute Gasteiger partial charge is 0.309 e. The molecule has 0 aliphatic rings. The molecule has 15 heteroatoms. The number of rotatable bonds is 10. The van der Waals surface area contributed by atoms with Crippen molar-refractivity contribution in [2.45, 2.75) is 0 Å². The number of fused-ring (bicyclic) bond motifs is 27. The lowest BCUT2D eigenvalue weighted by Gasteiger charge is -2.13. The first-order valence-corrected chi connectivity index (χ1v) is 49.8. The van der Waals surface area contributed by atoms with Gasteiger partial charge in [0.25, 0.3) is 0 Å². The molecule has 12 aromatic heterocycles. The minimum absolute atomic E-state index is 0.716. The molecule has 0 bridgehead atoms. The van der Waals surface area contributed by atoms with Gasteiger partial charge in [-0.3, -0.25) is 9.13 Å². The second-order valence-corrected chi connectivity index (χ2v) is 39.0. The predicted molar refractivity (Wildman–Crippen MR) is 593 cm³/mol. The van der Waals surface area contributed by atoms with Crippen molar-refractivity contribution in [1.29, 1.82) is 0 Å². The van der Waals surface area contributed by atoms with Crippen LogP contribution >= 0.6 is 34.0 Å². The third-order valence-electron chi connectivity index (χ3n) is 28.1. The highest BCUT2D eigenvalue weighted by Gasteiger charge is 2.27. The molecule has 658 valence electrons. The van der Waals surface area contributed by atoms with Crippen LogP contribution in [-0.4, -0.2) is 57.3 Å². The number of para-hydroxylation sites is 12. The van der Waals surface area contributed by atoms with Gasteiger partial charge in [0.05, 0.1) is 82.7 Å². The van der Waals surface area contributed by atoms with Crippen LogP contribution < -0.4 is 0 Å². The van der Waals surface area contributed by atoms with E-state index in [2.05, 4.69) is 488 Å². The van der Waals surface area contributed by atoms with Gasteiger partial charge in [-0.15, -0.1) is 34.0 Å². The molecule has 0 N–H and O–H groups in total. The van der Waals surface area contributed by atoms with Gasteiger partial charge in [-0.2, -0.15) is 0 Å². The van der Waals surface area contributed by atoms with Crippen LogP contribution in [-0.2, 0) is 0 Å². The van der Waals surface area contributed by atoms with Crippen LogP contribution in [0.1, 0.15) is 0 Å². The topological polar surface area (TPSA) is 107 Å². The van der Waals surface area contributed by atoms with E-state index in [9.17, 15) is 0 Å². The number of benzene rings is 19. The minimum Gasteiger partial charge on any atom is -0.309 e. The molecule has 0 saturated carbocycles. The molecule has 0 atom stereocenters. The fourth-order valence-electron chi connectivity index (χ4n) is 21.9. The van der Waals surface area contributed by atoms with Crippen molar-refractivity contribution < 1.29 is 0 Å². The molecule has 31 aromatic rings. The molecule has 0 amide bonds. The quantitative estimate of drug-likeness (QED) is 0.135. The van der Waals surface area contributed by atoms with Crippen LogP contribution in [0.4, 0.5) is 0 Å². The second-order valence-electron chi connectivity index (χ2n) is 35.9. The van der Waals surface area contributed by atoms with Crippen LogP contribution in [0.3, 0.4) is 0 Å². The molecule has 19 aromatic carbocycles. The SMILES string of the molecule is c1cc(-c2nc(-n3c4ccccc4c4ccccc43)c3c(n2)sc2ccccc23)cc(-n2c3ccccc3c3ccccc32)c1.c1ccc2c(c1)sc1nc(-c3ccc(-n4c5ccccc5c5ccccc54)cc3)nc(-c3ccc(-n4c5ccccc5c5ccccc54)cc3)c12.c1ccc2c(c1)sc1nc(-c3ccc(-n4c5ccccc5c5ccccc54)cc3)nc(-n3c4ccccc4c4ccccc43)c12. The Morgan fingerprint density at radius 2 is 0.369 bits per heavy atom. The van der Waals surface area contributed by atoms with Gasteiger partial charge in [0.2, 0.25) is 0 Å². The maximum atomic E-state index is 5.43. The Kier molecular flexibility index (Phi) is 18.4. The number of aromatic nitrogens is 12. The zero-order valence-electron chi connectivity index (χ0n) is 75.5. The van der Waals surface area contributed by atoms with Gasteiger partial charge >= 0.3 is 0 Å². The first kappa shape index (κ1) is 80.2. The van der Waals surface area contributed by atoms with E-state index in [1.807, 2.05) is 0 Å². The normalized spacial score (nSPS) is 12.0. The summed E-state index contributed by atoms with van der Waals surface area (Å²) in [6.07, 6.45) is 0. The van der Waals surface area contributed by atoms with Crippen LogP contribution in [0, 0.1) is 0 Å². The van der Waals surface area contributed by atoms with Gasteiger partial charge in [0.1, 0.15) is 14.5 Å². The third kappa shape index (κ3) is 12.7.